The van der Waals surface area contributed by atoms with Gasteiger partial charge in [-0.2, -0.15) is 10.4 Å². The summed E-state index contributed by atoms with van der Waals surface area (Å²) < 4.78 is 11.8. The van der Waals surface area contributed by atoms with Crippen molar-refractivity contribution in [3.63, 3.8) is 0 Å². The number of nitrogens with two attached hydrogens (primary N) is 1. The lowest BCUT2D eigenvalue weighted by Crippen LogP contribution is -2.29. The zero-order chi connectivity index (χ0) is 13.8. The molecule has 0 radical (unpaired) electrons. The molecule has 2 N–H and O–H groups in total. The van der Waals surface area contributed by atoms with E-state index < -0.39 is 5.97 Å². The van der Waals surface area contributed by atoms with Crippen LogP contribution in [0.5, 0.6) is 0 Å². The molecule has 1 aromatic heterocycles. The lowest BCUT2D eigenvalue weighted by molar-refractivity contribution is 0.0340. The molecule has 0 saturated carbocycles. The molecule has 1 aliphatic heterocycles. The predicted octanol–water partition coefficient (Wildman–Crippen LogP) is 0.743. The number of carbonyl (C=O) groups is 1. The van der Waals surface area contributed by atoms with Gasteiger partial charge in [-0.25, -0.2) is 4.79 Å². The van der Waals surface area contributed by atoms with Gasteiger partial charge in [-0.05, 0) is 13.3 Å². The van der Waals surface area contributed by atoms with Crippen molar-refractivity contribution in [3.05, 3.63) is 11.8 Å². The average Bonchev–Trinajstić information content (AvgIpc) is 2.81. The number of esters is 1. The van der Waals surface area contributed by atoms with Gasteiger partial charge in [-0.1, -0.05) is 0 Å². The molecule has 1 saturated heterocycles. The Hall–Kier alpha value is -2.07. The minimum atomic E-state index is -0.503. The summed E-state index contributed by atoms with van der Waals surface area (Å²) in [5.74, 6) is -0.583. The van der Waals surface area contributed by atoms with Gasteiger partial charge in [0.25, 0.3) is 0 Å². The fraction of sp³-hybridized carbons (Fsp3) is 0.583. The first-order valence-corrected chi connectivity index (χ1v) is 6.16. The molecule has 0 spiro atoms. The summed E-state index contributed by atoms with van der Waals surface area (Å²) in [6, 6.07) is 2.02. The van der Waals surface area contributed by atoms with Crippen molar-refractivity contribution in [2.75, 3.05) is 25.6 Å². The Balaban J connectivity index is 2.23. The van der Waals surface area contributed by atoms with Gasteiger partial charge in [0.05, 0.1) is 31.2 Å². The van der Waals surface area contributed by atoms with Crippen LogP contribution in [0.4, 0.5) is 5.82 Å². The molecule has 2 rings (SSSR count). The third-order valence-corrected chi connectivity index (χ3v) is 3.09. The van der Waals surface area contributed by atoms with Crippen molar-refractivity contribution < 1.29 is 14.3 Å². The number of aromatic nitrogens is 2. The summed E-state index contributed by atoms with van der Waals surface area (Å²) in [4.78, 5) is 11.7. The van der Waals surface area contributed by atoms with Gasteiger partial charge >= 0.3 is 5.97 Å². The molecule has 0 aromatic carbocycles. The number of nitrogens with zero attached hydrogens (tertiary/aromatic N) is 3. The average molecular weight is 264 g/mol. The van der Waals surface area contributed by atoms with E-state index in [4.69, 9.17) is 20.5 Å². The molecule has 19 heavy (non-hydrogen) atoms. The van der Waals surface area contributed by atoms with Gasteiger partial charge in [0, 0.05) is 12.8 Å². The van der Waals surface area contributed by atoms with Crippen LogP contribution in [-0.2, 0) is 9.47 Å². The molecule has 1 fully saturated rings. The molecule has 0 amide bonds. The molecular formula is C12H16N4O3. The van der Waals surface area contributed by atoms with E-state index in [-0.39, 0.29) is 29.9 Å². The summed E-state index contributed by atoms with van der Waals surface area (Å²) >= 11 is 0. The molecule has 0 unspecified atom stereocenters. The van der Waals surface area contributed by atoms with Gasteiger partial charge in [-0.15, -0.1) is 0 Å². The van der Waals surface area contributed by atoms with Crippen molar-refractivity contribution in [2.24, 2.45) is 5.92 Å². The van der Waals surface area contributed by atoms with Gasteiger partial charge in [0.2, 0.25) is 0 Å². The molecule has 1 aromatic rings. The Morgan fingerprint density at radius 2 is 2.58 bits per heavy atom. The second kappa shape index (κ2) is 5.71. The number of nitriles is 1. The highest BCUT2D eigenvalue weighted by Crippen LogP contribution is 2.27. The number of hydrogen-bond acceptors (Lipinski definition) is 6. The number of rotatable bonds is 3. The molecule has 0 bridgehead atoms. The molecule has 2 atom stereocenters. The fourth-order valence-electron chi connectivity index (χ4n) is 2.08. The third-order valence-electron chi connectivity index (χ3n) is 3.09. The number of nitrogen functional groups attached to an aromatic ring is 1. The fourth-order valence-corrected chi connectivity index (χ4v) is 2.08. The largest absolute Gasteiger partial charge is 0.462 e. The Morgan fingerprint density at radius 1 is 1.79 bits per heavy atom. The zero-order valence-electron chi connectivity index (χ0n) is 10.7. The molecular weight excluding hydrogens is 248 g/mol. The van der Waals surface area contributed by atoms with Crippen molar-refractivity contribution in [2.45, 2.75) is 19.4 Å². The van der Waals surface area contributed by atoms with Crippen LogP contribution in [0.25, 0.3) is 0 Å². The van der Waals surface area contributed by atoms with Crippen molar-refractivity contribution in [3.8, 4) is 6.07 Å². The maximum Gasteiger partial charge on any atom is 0.343 e. The highest BCUT2D eigenvalue weighted by molar-refractivity contribution is 5.93. The van der Waals surface area contributed by atoms with Crippen LogP contribution >= 0.6 is 0 Å². The summed E-state index contributed by atoms with van der Waals surface area (Å²) in [7, 11) is 0. The minimum Gasteiger partial charge on any atom is -0.462 e. The van der Waals surface area contributed by atoms with E-state index in [0.29, 0.717) is 19.6 Å². The summed E-state index contributed by atoms with van der Waals surface area (Å²) in [5, 5.41) is 13.2. The summed E-state index contributed by atoms with van der Waals surface area (Å²) in [5.41, 5.74) is 5.94. The monoisotopic (exact) mass is 264 g/mol. The van der Waals surface area contributed by atoms with Crippen LogP contribution in [0, 0.1) is 17.2 Å². The normalized spacial score (nSPS) is 22.7. The first-order valence-electron chi connectivity index (χ1n) is 6.16. The van der Waals surface area contributed by atoms with E-state index in [1.54, 1.807) is 6.92 Å². The van der Waals surface area contributed by atoms with Crippen LogP contribution in [0.1, 0.15) is 29.7 Å². The number of carbonyl (C=O) groups excluding carboxylic acids is 1. The van der Waals surface area contributed by atoms with Gasteiger partial charge < -0.3 is 15.2 Å². The predicted molar refractivity (Wildman–Crippen MR) is 66.2 cm³/mol. The van der Waals surface area contributed by atoms with E-state index in [9.17, 15) is 4.79 Å². The van der Waals surface area contributed by atoms with E-state index in [2.05, 4.69) is 11.2 Å². The number of hydrogen-bond donors (Lipinski definition) is 1. The maximum atomic E-state index is 11.7. The minimum absolute atomic E-state index is 0.112. The first kappa shape index (κ1) is 13.4. The molecule has 2 heterocycles. The topological polar surface area (TPSA) is 103 Å². The van der Waals surface area contributed by atoms with Crippen molar-refractivity contribution in [1.29, 1.82) is 5.26 Å². The quantitative estimate of drug-likeness (QED) is 0.808. The third kappa shape index (κ3) is 2.69. The van der Waals surface area contributed by atoms with Gasteiger partial charge in [0.1, 0.15) is 5.56 Å². The molecule has 0 aliphatic carbocycles. The van der Waals surface area contributed by atoms with Crippen LogP contribution in [0.3, 0.4) is 0 Å². The Bertz CT molecular complexity index is 506. The molecule has 102 valence electrons. The molecule has 1 aliphatic rings. The van der Waals surface area contributed by atoms with Crippen molar-refractivity contribution >= 4 is 11.8 Å². The summed E-state index contributed by atoms with van der Waals surface area (Å²) in [6.45, 7) is 2.95. The van der Waals surface area contributed by atoms with Crippen molar-refractivity contribution in [1.82, 2.24) is 9.78 Å². The Labute approximate surface area is 110 Å². The number of ether oxygens (including phenoxy) is 2. The maximum absolute atomic E-state index is 11.7. The van der Waals surface area contributed by atoms with Crippen LogP contribution < -0.4 is 5.73 Å². The second-order valence-corrected chi connectivity index (χ2v) is 4.30. The van der Waals surface area contributed by atoms with Crippen LogP contribution in [0.15, 0.2) is 6.20 Å². The van der Waals surface area contributed by atoms with E-state index in [0.717, 1.165) is 0 Å². The Kier molecular flexibility index (Phi) is 4.02. The second-order valence-electron chi connectivity index (χ2n) is 4.30. The first-order chi connectivity index (χ1) is 9.17. The highest BCUT2D eigenvalue weighted by atomic mass is 16.5. The zero-order valence-corrected chi connectivity index (χ0v) is 10.7. The number of anilines is 1. The summed E-state index contributed by atoms with van der Waals surface area (Å²) in [6.07, 6.45) is 2.17. The highest BCUT2D eigenvalue weighted by Gasteiger charge is 2.29. The SMILES string of the molecule is CCOC(=O)c1cn([C@@H]2COCC[C@H]2C#N)nc1N. The van der Waals surface area contributed by atoms with E-state index >= 15 is 0 Å². The van der Waals surface area contributed by atoms with Gasteiger partial charge in [0.15, 0.2) is 5.82 Å². The van der Waals surface area contributed by atoms with Crippen LogP contribution in [0.2, 0.25) is 0 Å². The molecule has 7 nitrogen and oxygen atoms in total. The smallest absolute Gasteiger partial charge is 0.343 e. The standard InChI is InChI=1S/C12H16N4O3/c1-2-19-12(17)9-6-16(15-11(9)14)10-7-18-4-3-8(10)5-13/h6,8,10H,2-4,7H2,1H3,(H2,14,15)/t8-,10+/m0/s1. The van der Waals surface area contributed by atoms with E-state index in [1.165, 1.54) is 10.9 Å². The van der Waals surface area contributed by atoms with Gasteiger partial charge in [-0.3, -0.25) is 4.68 Å². The lowest BCUT2D eigenvalue weighted by atomic mass is 9.97. The molecule has 7 heteroatoms. The Morgan fingerprint density at radius 3 is 3.26 bits per heavy atom. The lowest BCUT2D eigenvalue weighted by Gasteiger charge is -2.26. The van der Waals surface area contributed by atoms with Crippen LogP contribution in [-0.4, -0.2) is 35.6 Å². The van der Waals surface area contributed by atoms with E-state index in [1.807, 2.05) is 0 Å².